The van der Waals surface area contributed by atoms with Crippen LogP contribution in [0.1, 0.15) is 29.2 Å². The number of ether oxygens (including phenoxy) is 2. The van der Waals surface area contributed by atoms with Gasteiger partial charge in [-0.2, -0.15) is 0 Å². The summed E-state index contributed by atoms with van der Waals surface area (Å²) < 4.78 is 12.3. The van der Waals surface area contributed by atoms with Gasteiger partial charge in [0, 0.05) is 9.50 Å². The van der Waals surface area contributed by atoms with Crippen LogP contribution in [0.15, 0.2) is 64.6 Å². The van der Waals surface area contributed by atoms with Crippen LogP contribution in [0.2, 0.25) is 5.02 Å². The van der Waals surface area contributed by atoms with Gasteiger partial charge in [0.15, 0.2) is 11.5 Å². The Labute approximate surface area is 228 Å². The molecule has 1 heterocycles. The monoisotopic (exact) mass is 582 g/mol. The molecule has 0 aromatic heterocycles. The summed E-state index contributed by atoms with van der Waals surface area (Å²) in [7, 11) is 0. The Morgan fingerprint density at radius 1 is 0.946 bits per heavy atom. The molecule has 7 nitrogen and oxygen atoms in total. The molecular weight excluding hydrogens is 560 g/mol. The number of halogens is 2. The number of hydrogen-bond acceptors (Lipinski definition) is 5. The van der Waals surface area contributed by atoms with Crippen LogP contribution in [0.5, 0.6) is 11.5 Å². The molecule has 1 fully saturated rings. The Morgan fingerprint density at radius 3 is 2.24 bits per heavy atom. The number of anilines is 1. The van der Waals surface area contributed by atoms with E-state index in [4.69, 9.17) is 21.1 Å². The molecule has 37 heavy (non-hydrogen) atoms. The fraction of sp³-hybridized carbons (Fsp3) is 0.179. The summed E-state index contributed by atoms with van der Waals surface area (Å²) in [5.74, 6) is -0.565. The van der Waals surface area contributed by atoms with Crippen LogP contribution < -0.4 is 19.7 Å². The van der Waals surface area contributed by atoms with Crippen LogP contribution >= 0.6 is 27.5 Å². The molecule has 1 aliphatic heterocycles. The molecule has 0 bridgehead atoms. The molecule has 1 aliphatic rings. The third-order valence-electron chi connectivity index (χ3n) is 5.54. The highest BCUT2D eigenvalue weighted by molar-refractivity contribution is 9.10. The molecule has 3 aromatic rings. The van der Waals surface area contributed by atoms with E-state index in [-0.39, 0.29) is 12.2 Å². The van der Waals surface area contributed by atoms with Gasteiger partial charge in [-0.25, -0.2) is 9.69 Å². The first kappa shape index (κ1) is 26.4. The molecule has 0 aliphatic carbocycles. The molecule has 0 radical (unpaired) electrons. The van der Waals surface area contributed by atoms with Gasteiger partial charge < -0.3 is 9.47 Å². The van der Waals surface area contributed by atoms with E-state index in [9.17, 15) is 14.4 Å². The molecule has 0 atom stereocenters. The van der Waals surface area contributed by atoms with E-state index in [1.165, 1.54) is 6.08 Å². The number of urea groups is 1. The largest absolute Gasteiger partial charge is 0.490 e. The lowest BCUT2D eigenvalue weighted by Gasteiger charge is -2.27. The molecule has 0 unspecified atom stereocenters. The number of carbonyl (C=O) groups is 3. The van der Waals surface area contributed by atoms with Gasteiger partial charge in [-0.15, -0.1) is 0 Å². The van der Waals surface area contributed by atoms with Crippen LogP contribution in [-0.4, -0.2) is 24.5 Å². The first-order valence-electron chi connectivity index (χ1n) is 11.5. The number of benzene rings is 3. The Balaban J connectivity index is 1.67. The zero-order valence-corrected chi connectivity index (χ0v) is 22.8. The summed E-state index contributed by atoms with van der Waals surface area (Å²) in [4.78, 5) is 39.6. The highest BCUT2D eigenvalue weighted by Gasteiger charge is 2.37. The highest BCUT2D eigenvalue weighted by atomic mass is 79.9. The molecular formula is C28H24BrClN2O5. The van der Waals surface area contributed by atoms with E-state index in [2.05, 4.69) is 21.2 Å². The zero-order chi connectivity index (χ0) is 26.7. The number of hydrogen-bond donors (Lipinski definition) is 1. The van der Waals surface area contributed by atoms with Crippen LogP contribution in [-0.2, 0) is 16.2 Å². The average molecular weight is 584 g/mol. The Bertz CT molecular complexity index is 1400. The summed E-state index contributed by atoms with van der Waals surface area (Å²) in [5, 5.41) is 2.90. The SMILES string of the molecule is CCOc1cc(/C=C2\C(=O)NC(=O)N(c3cc(C)cc(C)c3)C2=O)c(Br)cc1OCc1ccc(Cl)cc1. The van der Waals surface area contributed by atoms with E-state index in [1.807, 2.05) is 39.0 Å². The maximum absolute atomic E-state index is 13.3. The zero-order valence-electron chi connectivity index (χ0n) is 20.4. The molecule has 4 rings (SSSR count). The van der Waals surface area contributed by atoms with E-state index < -0.39 is 17.8 Å². The minimum Gasteiger partial charge on any atom is -0.490 e. The van der Waals surface area contributed by atoms with Crippen molar-refractivity contribution in [2.75, 3.05) is 11.5 Å². The number of imide groups is 2. The third kappa shape index (κ3) is 6.03. The second-order valence-corrected chi connectivity index (χ2v) is 9.76. The number of aryl methyl sites for hydroxylation is 2. The van der Waals surface area contributed by atoms with Gasteiger partial charge >= 0.3 is 6.03 Å². The van der Waals surface area contributed by atoms with Gasteiger partial charge in [-0.3, -0.25) is 14.9 Å². The summed E-state index contributed by atoms with van der Waals surface area (Å²) in [6.07, 6.45) is 1.43. The molecule has 0 saturated carbocycles. The lowest BCUT2D eigenvalue weighted by atomic mass is 10.0. The smallest absolute Gasteiger partial charge is 0.335 e. The second-order valence-electron chi connectivity index (χ2n) is 8.47. The number of nitrogens with one attached hydrogen (secondary N) is 1. The van der Waals surface area contributed by atoms with Gasteiger partial charge in [0.2, 0.25) is 0 Å². The lowest BCUT2D eigenvalue weighted by Crippen LogP contribution is -2.54. The van der Waals surface area contributed by atoms with Crippen molar-refractivity contribution in [1.82, 2.24) is 5.32 Å². The predicted molar refractivity (Wildman–Crippen MR) is 146 cm³/mol. The molecule has 0 spiro atoms. The van der Waals surface area contributed by atoms with Crippen molar-refractivity contribution >= 4 is 57.1 Å². The Hall–Kier alpha value is -3.62. The van der Waals surface area contributed by atoms with Crippen molar-refractivity contribution in [3.8, 4) is 11.5 Å². The minimum atomic E-state index is -0.794. The number of amides is 4. The van der Waals surface area contributed by atoms with Crippen LogP contribution in [0.4, 0.5) is 10.5 Å². The molecule has 4 amide bonds. The first-order valence-corrected chi connectivity index (χ1v) is 12.7. The molecule has 190 valence electrons. The molecule has 3 aromatic carbocycles. The van der Waals surface area contributed by atoms with Crippen molar-refractivity contribution in [3.05, 3.63) is 91.9 Å². The van der Waals surface area contributed by atoms with Crippen molar-refractivity contribution < 1.29 is 23.9 Å². The van der Waals surface area contributed by atoms with Crippen LogP contribution in [0, 0.1) is 13.8 Å². The van der Waals surface area contributed by atoms with Gasteiger partial charge in [0.1, 0.15) is 12.2 Å². The number of nitrogens with zero attached hydrogens (tertiary/aromatic N) is 1. The standard InChI is InChI=1S/C28H24BrClN2O5/c1-4-36-24-13-19(23(29)14-25(24)37-15-18-5-7-20(30)8-6-18)12-22-26(33)31-28(35)32(27(22)34)21-10-16(2)9-17(3)11-21/h5-14H,4,15H2,1-3H3,(H,31,33,35)/b22-12+. The summed E-state index contributed by atoms with van der Waals surface area (Å²) >= 11 is 9.46. The average Bonchev–Trinajstić information content (AvgIpc) is 2.83. The summed E-state index contributed by atoms with van der Waals surface area (Å²) in [6, 6.07) is 15.3. The highest BCUT2D eigenvalue weighted by Crippen LogP contribution is 2.36. The number of barbiturate groups is 1. The Kier molecular flexibility index (Phi) is 8.00. The van der Waals surface area contributed by atoms with E-state index in [0.717, 1.165) is 21.6 Å². The van der Waals surface area contributed by atoms with Crippen molar-refractivity contribution in [1.29, 1.82) is 0 Å². The fourth-order valence-electron chi connectivity index (χ4n) is 3.91. The summed E-state index contributed by atoms with van der Waals surface area (Å²) in [5.41, 5.74) is 3.41. The van der Waals surface area contributed by atoms with E-state index in [0.29, 0.717) is 38.9 Å². The molecule has 1 N–H and O–H groups in total. The van der Waals surface area contributed by atoms with Crippen LogP contribution in [0.25, 0.3) is 6.08 Å². The maximum Gasteiger partial charge on any atom is 0.335 e. The van der Waals surface area contributed by atoms with Crippen molar-refractivity contribution in [3.63, 3.8) is 0 Å². The topological polar surface area (TPSA) is 84.9 Å². The quantitative estimate of drug-likeness (QED) is 0.258. The van der Waals surface area contributed by atoms with Gasteiger partial charge in [0.25, 0.3) is 11.8 Å². The predicted octanol–water partition coefficient (Wildman–Crippen LogP) is 6.36. The minimum absolute atomic E-state index is 0.184. The third-order valence-corrected chi connectivity index (χ3v) is 6.48. The normalized spacial score (nSPS) is 14.7. The van der Waals surface area contributed by atoms with Gasteiger partial charge in [0.05, 0.1) is 12.3 Å². The van der Waals surface area contributed by atoms with Crippen LogP contribution in [0.3, 0.4) is 0 Å². The van der Waals surface area contributed by atoms with E-state index in [1.54, 1.807) is 36.4 Å². The lowest BCUT2D eigenvalue weighted by molar-refractivity contribution is -0.122. The number of carbonyl (C=O) groups excluding carboxylic acids is 3. The second kappa shape index (κ2) is 11.2. The van der Waals surface area contributed by atoms with E-state index >= 15 is 0 Å². The first-order chi connectivity index (χ1) is 17.7. The van der Waals surface area contributed by atoms with Gasteiger partial charge in [-0.05, 0) is 85.5 Å². The Morgan fingerprint density at radius 2 is 1.59 bits per heavy atom. The number of rotatable bonds is 7. The molecule has 9 heteroatoms. The van der Waals surface area contributed by atoms with Gasteiger partial charge in [-0.1, -0.05) is 45.7 Å². The fourth-order valence-corrected chi connectivity index (χ4v) is 4.47. The summed E-state index contributed by atoms with van der Waals surface area (Å²) in [6.45, 7) is 6.25. The molecule has 1 saturated heterocycles. The van der Waals surface area contributed by atoms with Crippen molar-refractivity contribution in [2.45, 2.75) is 27.4 Å². The maximum atomic E-state index is 13.3. The van der Waals surface area contributed by atoms with Crippen molar-refractivity contribution in [2.24, 2.45) is 0 Å².